The molecule has 0 amide bonds. The molecular formula is C7H9F3N4O3. The summed E-state index contributed by atoms with van der Waals surface area (Å²) in [6, 6.07) is 0. The quantitative estimate of drug-likeness (QED) is 0.608. The van der Waals surface area contributed by atoms with E-state index in [1.807, 2.05) is 0 Å². The molecule has 1 unspecified atom stereocenters. The van der Waals surface area contributed by atoms with Gasteiger partial charge in [0.1, 0.15) is 0 Å². The lowest BCUT2D eigenvalue weighted by Gasteiger charge is -2.15. The third-order valence-corrected chi connectivity index (χ3v) is 1.93. The predicted octanol–water partition coefficient (Wildman–Crippen LogP) is 0.663. The average molecular weight is 254 g/mol. The topological polar surface area (TPSA) is 93.2 Å². The summed E-state index contributed by atoms with van der Waals surface area (Å²) in [5, 5.41) is 21.3. The fourth-order valence-corrected chi connectivity index (χ4v) is 1.06. The maximum absolute atomic E-state index is 12.0. The van der Waals surface area contributed by atoms with Gasteiger partial charge in [0.05, 0.1) is 6.54 Å². The zero-order valence-electron chi connectivity index (χ0n) is 8.60. The molecule has 1 rings (SSSR count). The van der Waals surface area contributed by atoms with E-state index >= 15 is 0 Å². The van der Waals surface area contributed by atoms with E-state index in [0.29, 0.717) is 0 Å². The second-order valence-corrected chi connectivity index (χ2v) is 3.22. The van der Waals surface area contributed by atoms with Crippen molar-refractivity contribution < 1.29 is 23.2 Å². The lowest BCUT2D eigenvalue weighted by Crippen LogP contribution is -2.35. The van der Waals surface area contributed by atoms with Crippen molar-refractivity contribution in [2.45, 2.75) is 12.3 Å². The van der Waals surface area contributed by atoms with Crippen molar-refractivity contribution in [3.63, 3.8) is 0 Å². The fourth-order valence-electron chi connectivity index (χ4n) is 1.06. The molecule has 0 saturated heterocycles. The lowest BCUT2D eigenvalue weighted by atomic mass is 10.3. The van der Waals surface area contributed by atoms with Gasteiger partial charge in [0, 0.05) is 7.05 Å². The molecule has 1 atom stereocenters. The molecule has 1 aromatic heterocycles. The molecule has 0 radical (unpaired) electrons. The number of imidazole rings is 1. The van der Waals surface area contributed by atoms with Crippen LogP contribution >= 0.6 is 0 Å². The maximum atomic E-state index is 12.0. The molecule has 0 fully saturated rings. The van der Waals surface area contributed by atoms with E-state index < -0.39 is 29.6 Å². The van der Waals surface area contributed by atoms with Crippen LogP contribution in [-0.4, -0.2) is 38.4 Å². The van der Waals surface area contributed by atoms with Crippen molar-refractivity contribution in [2.24, 2.45) is 7.05 Å². The Bertz CT molecular complexity index is 417. The van der Waals surface area contributed by atoms with Crippen LogP contribution < -0.4 is 5.32 Å². The zero-order valence-corrected chi connectivity index (χ0v) is 8.60. The molecule has 0 saturated carbocycles. The van der Waals surface area contributed by atoms with Crippen LogP contribution in [0.15, 0.2) is 6.33 Å². The Balaban J connectivity index is 2.76. The first-order valence-corrected chi connectivity index (χ1v) is 4.38. The molecule has 1 aromatic rings. The normalized spacial score (nSPS) is 13.5. The summed E-state index contributed by atoms with van der Waals surface area (Å²) >= 11 is 0. The van der Waals surface area contributed by atoms with Crippen molar-refractivity contribution >= 4 is 11.6 Å². The van der Waals surface area contributed by atoms with Gasteiger partial charge in [0.25, 0.3) is 0 Å². The number of nitro groups is 1. The number of aryl methyl sites for hydroxylation is 1. The monoisotopic (exact) mass is 254 g/mol. The van der Waals surface area contributed by atoms with Gasteiger partial charge in [-0.3, -0.25) is 4.57 Å². The number of hydrogen-bond acceptors (Lipinski definition) is 5. The van der Waals surface area contributed by atoms with E-state index in [2.05, 4.69) is 10.3 Å². The summed E-state index contributed by atoms with van der Waals surface area (Å²) in [6.45, 7) is -0.885. The minimum atomic E-state index is -4.78. The molecule has 17 heavy (non-hydrogen) atoms. The third-order valence-electron chi connectivity index (χ3n) is 1.93. The average Bonchev–Trinajstić information content (AvgIpc) is 2.54. The molecule has 2 N–H and O–H groups in total. The Morgan fingerprint density at radius 3 is 2.76 bits per heavy atom. The van der Waals surface area contributed by atoms with Crippen LogP contribution in [-0.2, 0) is 7.05 Å². The summed E-state index contributed by atoms with van der Waals surface area (Å²) in [5.41, 5.74) is 0. The van der Waals surface area contributed by atoms with Crippen LogP contribution in [0.5, 0.6) is 0 Å². The summed E-state index contributed by atoms with van der Waals surface area (Å²) in [4.78, 5) is 13.0. The Morgan fingerprint density at radius 1 is 1.71 bits per heavy atom. The lowest BCUT2D eigenvalue weighted by molar-refractivity contribution is -0.388. The highest BCUT2D eigenvalue weighted by atomic mass is 19.4. The number of nitrogens with one attached hydrogen (secondary N) is 1. The minimum Gasteiger partial charge on any atom is -0.382 e. The number of aliphatic hydroxyl groups excluding tert-OH is 1. The molecule has 7 nitrogen and oxygen atoms in total. The van der Waals surface area contributed by atoms with Crippen LogP contribution in [0.1, 0.15) is 0 Å². The van der Waals surface area contributed by atoms with Gasteiger partial charge < -0.3 is 20.5 Å². The van der Waals surface area contributed by atoms with Gasteiger partial charge in [-0.15, -0.1) is 0 Å². The van der Waals surface area contributed by atoms with Crippen molar-refractivity contribution in [3.8, 4) is 0 Å². The number of halogens is 3. The summed E-state index contributed by atoms with van der Waals surface area (Å²) < 4.78 is 37.1. The molecule has 96 valence electrons. The standard InChI is InChI=1S/C7H9F3N4O3/c1-13-3-12-6(14(16)17)5(13)11-2-4(15)7(8,9)10/h3-4,11,15H,2H2,1H3. The van der Waals surface area contributed by atoms with E-state index in [4.69, 9.17) is 5.11 Å². The van der Waals surface area contributed by atoms with Gasteiger partial charge in [-0.25, -0.2) is 0 Å². The number of aliphatic hydroxyl groups is 1. The van der Waals surface area contributed by atoms with Crippen molar-refractivity contribution in [2.75, 3.05) is 11.9 Å². The fraction of sp³-hybridized carbons (Fsp3) is 0.571. The number of anilines is 1. The third kappa shape index (κ3) is 3.06. The number of alkyl halides is 3. The van der Waals surface area contributed by atoms with Gasteiger partial charge in [0.15, 0.2) is 6.10 Å². The number of hydrogen-bond donors (Lipinski definition) is 2. The molecule has 0 bridgehead atoms. The summed E-state index contributed by atoms with van der Waals surface area (Å²) in [7, 11) is 1.38. The highest BCUT2D eigenvalue weighted by Gasteiger charge is 2.38. The smallest absolute Gasteiger partial charge is 0.382 e. The number of nitrogens with zero attached hydrogens (tertiary/aromatic N) is 3. The van der Waals surface area contributed by atoms with Crippen molar-refractivity contribution in [3.05, 3.63) is 16.4 Å². The van der Waals surface area contributed by atoms with Crippen LogP contribution in [0.25, 0.3) is 0 Å². The van der Waals surface area contributed by atoms with Crippen LogP contribution in [0.3, 0.4) is 0 Å². The number of rotatable bonds is 4. The number of aromatic nitrogens is 2. The second kappa shape index (κ2) is 4.57. The molecular weight excluding hydrogens is 245 g/mol. The van der Waals surface area contributed by atoms with Gasteiger partial charge in [-0.2, -0.15) is 13.2 Å². The van der Waals surface area contributed by atoms with Gasteiger partial charge in [0.2, 0.25) is 12.1 Å². The van der Waals surface area contributed by atoms with Crippen LogP contribution in [0.2, 0.25) is 0 Å². The molecule has 0 aromatic carbocycles. The Kier molecular flexibility index (Phi) is 3.56. The summed E-state index contributed by atoms with van der Waals surface area (Å²) in [6.07, 6.45) is -6.29. The largest absolute Gasteiger partial charge is 0.416 e. The Hall–Kier alpha value is -1.84. The molecule has 10 heteroatoms. The SMILES string of the molecule is Cn1cnc([N+](=O)[O-])c1NCC(O)C(F)(F)F. The van der Waals surface area contributed by atoms with Gasteiger partial charge in [-0.1, -0.05) is 0 Å². The molecule has 0 aliphatic carbocycles. The first kappa shape index (κ1) is 13.2. The second-order valence-electron chi connectivity index (χ2n) is 3.22. The van der Waals surface area contributed by atoms with E-state index in [1.54, 1.807) is 0 Å². The molecule has 0 spiro atoms. The van der Waals surface area contributed by atoms with Crippen LogP contribution in [0, 0.1) is 10.1 Å². The maximum Gasteiger partial charge on any atom is 0.416 e. The van der Waals surface area contributed by atoms with Crippen molar-refractivity contribution in [1.29, 1.82) is 0 Å². The van der Waals surface area contributed by atoms with Crippen LogP contribution in [0.4, 0.5) is 24.8 Å². The molecule has 0 aliphatic rings. The predicted molar refractivity (Wildman–Crippen MR) is 50.4 cm³/mol. The van der Waals surface area contributed by atoms with E-state index in [0.717, 1.165) is 10.9 Å². The first-order valence-electron chi connectivity index (χ1n) is 4.38. The molecule has 0 aliphatic heterocycles. The van der Waals surface area contributed by atoms with Gasteiger partial charge >= 0.3 is 12.0 Å². The molecule has 1 heterocycles. The minimum absolute atomic E-state index is 0.196. The Morgan fingerprint density at radius 2 is 2.29 bits per heavy atom. The van der Waals surface area contributed by atoms with E-state index in [9.17, 15) is 23.3 Å². The Labute approximate surface area is 93.0 Å². The zero-order chi connectivity index (χ0) is 13.2. The van der Waals surface area contributed by atoms with Gasteiger partial charge in [-0.05, 0) is 9.91 Å². The van der Waals surface area contributed by atoms with Crippen molar-refractivity contribution in [1.82, 2.24) is 9.55 Å². The summed E-state index contributed by atoms with van der Waals surface area (Å²) in [5.74, 6) is -0.792. The highest BCUT2D eigenvalue weighted by Crippen LogP contribution is 2.23. The first-order chi connectivity index (χ1) is 7.73. The highest BCUT2D eigenvalue weighted by molar-refractivity contribution is 5.52. The van der Waals surface area contributed by atoms with E-state index in [-0.39, 0.29) is 5.82 Å². The van der Waals surface area contributed by atoms with E-state index in [1.165, 1.54) is 7.05 Å².